The van der Waals surface area contributed by atoms with Gasteiger partial charge in [-0.1, -0.05) is 6.08 Å². The molecule has 0 aromatic carbocycles. The molecule has 0 unspecified atom stereocenters. The first-order valence-corrected chi connectivity index (χ1v) is 11.5. The van der Waals surface area contributed by atoms with Gasteiger partial charge in [-0.3, -0.25) is 4.57 Å². The molecule has 2 aromatic rings. The molecule has 4 N–H and O–H groups in total. The lowest BCUT2D eigenvalue weighted by Gasteiger charge is -2.34. The van der Waals surface area contributed by atoms with Crippen LogP contribution >= 0.6 is 0 Å². The van der Waals surface area contributed by atoms with E-state index in [2.05, 4.69) is 45.4 Å². The first-order valence-electron chi connectivity index (χ1n) is 11.5. The first kappa shape index (κ1) is 23.8. The number of aliphatic hydroxyl groups is 2. The van der Waals surface area contributed by atoms with Crippen molar-refractivity contribution in [3.63, 3.8) is 0 Å². The van der Waals surface area contributed by atoms with Crippen LogP contribution in [-0.4, -0.2) is 92.8 Å². The van der Waals surface area contributed by atoms with Crippen molar-refractivity contribution in [2.45, 2.75) is 63.8 Å². The third kappa shape index (κ3) is 4.82. The minimum absolute atomic E-state index is 0.180. The van der Waals surface area contributed by atoms with Gasteiger partial charge in [-0.2, -0.15) is 0 Å². The van der Waals surface area contributed by atoms with Crippen molar-refractivity contribution >= 4 is 17.0 Å². The fourth-order valence-electron chi connectivity index (χ4n) is 4.52. The maximum absolute atomic E-state index is 10.6. The molecule has 4 atom stereocenters. The van der Waals surface area contributed by atoms with Gasteiger partial charge >= 0.3 is 0 Å². The molecule has 0 aliphatic carbocycles. The molecule has 0 spiro atoms. The van der Waals surface area contributed by atoms with E-state index < -0.39 is 24.5 Å². The number of nitrogens with one attached hydrogen (secondary N) is 2. The van der Waals surface area contributed by atoms with Gasteiger partial charge in [0.25, 0.3) is 0 Å². The molecular weight excluding hydrogens is 426 g/mol. The fourth-order valence-corrected chi connectivity index (χ4v) is 4.52. The Kier molecular flexibility index (Phi) is 7.45. The van der Waals surface area contributed by atoms with Gasteiger partial charge in [-0.05, 0) is 26.7 Å². The molecule has 0 amide bonds. The molecule has 11 heteroatoms. The maximum Gasteiger partial charge on any atom is 0.168 e. The van der Waals surface area contributed by atoms with Gasteiger partial charge < -0.3 is 35.2 Å². The van der Waals surface area contributed by atoms with Crippen molar-refractivity contribution in [3.8, 4) is 0 Å². The number of likely N-dealkylation sites (tertiary alicyclic amines) is 1. The van der Waals surface area contributed by atoms with Crippen LogP contribution < -0.4 is 10.6 Å². The number of aliphatic hydroxyl groups excluding tert-OH is 2. The summed E-state index contributed by atoms with van der Waals surface area (Å²) in [6.07, 6.45) is 2.21. The van der Waals surface area contributed by atoms with Crippen LogP contribution in [0.4, 0.5) is 5.82 Å². The lowest BCUT2D eigenvalue weighted by molar-refractivity contribution is -0.0580. The van der Waals surface area contributed by atoms with Gasteiger partial charge in [0, 0.05) is 39.0 Å². The topological polar surface area (TPSA) is 130 Å². The summed E-state index contributed by atoms with van der Waals surface area (Å²) in [6.45, 7) is 6.99. The van der Waals surface area contributed by atoms with Crippen LogP contribution in [0.25, 0.3) is 11.2 Å². The van der Waals surface area contributed by atoms with Crippen LogP contribution in [0, 0.1) is 0 Å². The number of methoxy groups -OCH3 is 1. The monoisotopic (exact) mass is 461 g/mol. The zero-order valence-corrected chi connectivity index (χ0v) is 19.7. The molecule has 0 radical (unpaired) electrons. The largest absolute Gasteiger partial charge is 0.387 e. The number of nitrogens with zero attached hydrogens (tertiary/aromatic N) is 5. The van der Waals surface area contributed by atoms with E-state index in [0.29, 0.717) is 35.4 Å². The second-order valence-corrected chi connectivity index (χ2v) is 8.64. The number of ether oxygens (including phenoxy) is 2. The Labute approximate surface area is 193 Å². The smallest absolute Gasteiger partial charge is 0.168 e. The van der Waals surface area contributed by atoms with Gasteiger partial charge in [0.15, 0.2) is 23.2 Å². The highest BCUT2D eigenvalue weighted by Gasteiger charge is 2.44. The van der Waals surface area contributed by atoms with Crippen LogP contribution in [0.2, 0.25) is 0 Å². The molecule has 33 heavy (non-hydrogen) atoms. The number of imidazole rings is 1. The Morgan fingerprint density at radius 2 is 2.03 bits per heavy atom. The number of piperidine rings is 1. The standard InChI is InChI=1S/C22H35N7O4/c1-5-13(2)28-8-6-14(7-9-28)24-10-16-26-20(23-3)17-21(27-16)29(12-25-17)22-19(31)18(30)15(33-22)11-32-4/h5,12,14-15,18-19,22,24,30-31H,6-11H2,1-4H3,(H,23,26,27)/b13-5+/t15-,18-,19-,22-/m1/s1. The van der Waals surface area contributed by atoms with Crippen molar-refractivity contribution in [1.82, 2.24) is 29.7 Å². The molecule has 4 rings (SSSR count). The van der Waals surface area contributed by atoms with Gasteiger partial charge in [-0.15, -0.1) is 0 Å². The molecule has 2 aliphatic heterocycles. The molecule has 0 bridgehead atoms. The van der Waals surface area contributed by atoms with E-state index in [4.69, 9.17) is 14.5 Å². The van der Waals surface area contributed by atoms with E-state index in [1.54, 1.807) is 17.9 Å². The second kappa shape index (κ2) is 10.3. The SMILES string of the molecule is C/C=C(\C)N1CCC(NCc2nc(NC)c3ncn([C@@H]4O[C@H](COC)[C@@H](O)[C@H]4O)c3n2)CC1. The Bertz CT molecular complexity index is 973. The van der Waals surface area contributed by atoms with Crippen LogP contribution in [0.5, 0.6) is 0 Å². The Morgan fingerprint density at radius 3 is 2.70 bits per heavy atom. The van der Waals surface area contributed by atoms with E-state index in [9.17, 15) is 10.2 Å². The van der Waals surface area contributed by atoms with Crippen molar-refractivity contribution in [2.75, 3.05) is 39.2 Å². The molecule has 4 heterocycles. The van der Waals surface area contributed by atoms with Crippen molar-refractivity contribution in [2.24, 2.45) is 0 Å². The van der Waals surface area contributed by atoms with Gasteiger partial charge in [0.2, 0.25) is 0 Å². The average molecular weight is 462 g/mol. The third-order valence-corrected chi connectivity index (χ3v) is 6.61. The average Bonchev–Trinajstić information content (AvgIpc) is 3.38. The Morgan fingerprint density at radius 1 is 1.27 bits per heavy atom. The number of rotatable bonds is 8. The van der Waals surface area contributed by atoms with Crippen LogP contribution in [0.1, 0.15) is 38.7 Å². The molecule has 0 saturated carbocycles. The number of aromatic nitrogens is 4. The summed E-state index contributed by atoms with van der Waals surface area (Å²) in [6, 6.07) is 0.401. The van der Waals surface area contributed by atoms with Gasteiger partial charge in [0.1, 0.15) is 24.1 Å². The first-order chi connectivity index (χ1) is 16.0. The molecule has 2 saturated heterocycles. The van der Waals surface area contributed by atoms with Crippen molar-refractivity contribution < 1.29 is 19.7 Å². The highest BCUT2D eigenvalue weighted by molar-refractivity contribution is 5.83. The quantitative estimate of drug-likeness (QED) is 0.444. The molecule has 2 aromatic heterocycles. The maximum atomic E-state index is 10.6. The van der Waals surface area contributed by atoms with E-state index in [1.807, 2.05) is 0 Å². The van der Waals surface area contributed by atoms with E-state index in [1.165, 1.54) is 12.8 Å². The molecule has 2 aliphatic rings. The summed E-state index contributed by atoms with van der Waals surface area (Å²) in [7, 11) is 3.32. The highest BCUT2D eigenvalue weighted by Crippen LogP contribution is 2.32. The summed E-state index contributed by atoms with van der Waals surface area (Å²) >= 11 is 0. The molecule has 182 valence electrons. The number of hydrogen-bond donors (Lipinski definition) is 4. The van der Waals surface area contributed by atoms with E-state index in [0.717, 1.165) is 25.9 Å². The summed E-state index contributed by atoms with van der Waals surface area (Å²) in [5.41, 5.74) is 2.44. The minimum Gasteiger partial charge on any atom is -0.387 e. The predicted octanol–water partition coefficient (Wildman–Crippen LogP) is 0.611. The van der Waals surface area contributed by atoms with Crippen LogP contribution in [0.15, 0.2) is 18.1 Å². The third-order valence-electron chi connectivity index (χ3n) is 6.61. The normalized spacial score (nSPS) is 27.0. The summed E-state index contributed by atoms with van der Waals surface area (Å²) in [5, 5.41) is 27.6. The minimum atomic E-state index is -1.12. The lowest BCUT2D eigenvalue weighted by Crippen LogP contribution is -2.41. The van der Waals surface area contributed by atoms with Crippen molar-refractivity contribution in [1.29, 1.82) is 0 Å². The van der Waals surface area contributed by atoms with E-state index >= 15 is 0 Å². The number of fused-ring (bicyclic) bond motifs is 1. The predicted molar refractivity (Wildman–Crippen MR) is 124 cm³/mol. The fraction of sp³-hybridized carbons (Fsp3) is 0.682. The second-order valence-electron chi connectivity index (χ2n) is 8.64. The lowest BCUT2D eigenvalue weighted by atomic mass is 10.0. The summed E-state index contributed by atoms with van der Waals surface area (Å²) in [5.74, 6) is 1.23. The number of allylic oxidation sites excluding steroid dienone is 2. The Balaban J connectivity index is 1.50. The highest BCUT2D eigenvalue weighted by atomic mass is 16.6. The summed E-state index contributed by atoms with van der Waals surface area (Å²) in [4.78, 5) is 16.2. The molecular formula is C22H35N7O4. The van der Waals surface area contributed by atoms with Gasteiger partial charge in [0.05, 0.1) is 19.5 Å². The Hall–Kier alpha value is -2.31. The van der Waals surface area contributed by atoms with E-state index in [-0.39, 0.29) is 6.61 Å². The van der Waals surface area contributed by atoms with Crippen LogP contribution in [0.3, 0.4) is 0 Å². The molecule has 2 fully saturated rings. The van der Waals surface area contributed by atoms with Crippen LogP contribution in [-0.2, 0) is 16.0 Å². The van der Waals surface area contributed by atoms with Crippen molar-refractivity contribution in [3.05, 3.63) is 23.9 Å². The zero-order valence-electron chi connectivity index (χ0n) is 19.7. The number of hydrogen-bond acceptors (Lipinski definition) is 10. The summed E-state index contributed by atoms with van der Waals surface area (Å²) < 4.78 is 12.6. The molecule has 11 nitrogen and oxygen atoms in total. The van der Waals surface area contributed by atoms with Gasteiger partial charge in [-0.25, -0.2) is 15.0 Å². The number of anilines is 1. The zero-order chi connectivity index (χ0) is 23.5.